The van der Waals surface area contributed by atoms with Crippen molar-refractivity contribution in [3.63, 3.8) is 0 Å². The Morgan fingerprint density at radius 1 is 1.29 bits per heavy atom. The molecule has 0 unspecified atom stereocenters. The number of fused-ring (bicyclic) bond motifs is 1. The predicted octanol–water partition coefficient (Wildman–Crippen LogP) is 2.27. The van der Waals surface area contributed by atoms with Crippen molar-refractivity contribution in [3.05, 3.63) is 24.0 Å². The maximum atomic E-state index is 13.5. The van der Waals surface area contributed by atoms with E-state index in [1.54, 1.807) is 6.07 Å². The van der Waals surface area contributed by atoms with Gasteiger partial charge in [0, 0.05) is 31.6 Å². The van der Waals surface area contributed by atoms with E-state index in [2.05, 4.69) is 14.6 Å². The van der Waals surface area contributed by atoms with Gasteiger partial charge in [-0.3, -0.25) is 0 Å². The Hall–Kier alpha value is -0.910. The first-order valence-electron chi connectivity index (χ1n) is 5.36. The van der Waals surface area contributed by atoms with Gasteiger partial charge in [-0.15, -0.1) is 12.4 Å². The summed E-state index contributed by atoms with van der Waals surface area (Å²) in [7, 11) is 0. The largest absolute Gasteiger partial charge is 0.353 e. The summed E-state index contributed by atoms with van der Waals surface area (Å²) < 4.78 is 18.5. The zero-order chi connectivity index (χ0) is 11.0. The second kappa shape index (κ2) is 5.16. The van der Waals surface area contributed by atoms with E-state index in [-0.39, 0.29) is 18.2 Å². The van der Waals surface area contributed by atoms with E-state index in [0.29, 0.717) is 4.70 Å². The van der Waals surface area contributed by atoms with Crippen LogP contribution in [0, 0.1) is 5.82 Å². The minimum absolute atomic E-state index is 0. The lowest BCUT2D eigenvalue weighted by Gasteiger charge is -2.27. The third-order valence-electron chi connectivity index (χ3n) is 2.85. The molecule has 17 heavy (non-hydrogen) atoms. The van der Waals surface area contributed by atoms with Crippen molar-refractivity contribution in [2.45, 2.75) is 0 Å². The molecule has 0 aliphatic carbocycles. The molecule has 3 nitrogen and oxygen atoms in total. The fourth-order valence-electron chi connectivity index (χ4n) is 2.02. The third kappa shape index (κ3) is 2.22. The topological polar surface area (TPSA) is 28.2 Å². The molecule has 0 bridgehead atoms. The highest BCUT2D eigenvalue weighted by molar-refractivity contribution is 7.13. The Kier molecular flexibility index (Phi) is 3.81. The Balaban J connectivity index is 0.00000108. The molecule has 1 aromatic heterocycles. The van der Waals surface area contributed by atoms with E-state index in [1.807, 2.05) is 6.07 Å². The molecule has 1 N–H and O–H groups in total. The molecule has 1 aromatic carbocycles. The van der Waals surface area contributed by atoms with Crippen LogP contribution in [0.25, 0.3) is 10.1 Å². The van der Waals surface area contributed by atoms with Gasteiger partial charge < -0.3 is 10.2 Å². The minimum atomic E-state index is -0.170. The van der Waals surface area contributed by atoms with Crippen LogP contribution in [0.15, 0.2) is 18.2 Å². The number of hydrogen-bond acceptors (Lipinski definition) is 4. The first kappa shape index (κ1) is 12.5. The van der Waals surface area contributed by atoms with Gasteiger partial charge >= 0.3 is 0 Å². The SMILES string of the molecule is Cl.Fc1cccc2c(N3CCNCC3)nsc12. The summed E-state index contributed by atoms with van der Waals surface area (Å²) >= 11 is 1.25. The van der Waals surface area contributed by atoms with Crippen molar-refractivity contribution in [2.24, 2.45) is 0 Å². The molecule has 0 spiro atoms. The van der Waals surface area contributed by atoms with Crippen LogP contribution in [0.5, 0.6) is 0 Å². The maximum absolute atomic E-state index is 13.5. The molecule has 92 valence electrons. The molecule has 0 atom stereocenters. The lowest BCUT2D eigenvalue weighted by Crippen LogP contribution is -2.43. The monoisotopic (exact) mass is 273 g/mol. The predicted molar refractivity (Wildman–Crippen MR) is 71.9 cm³/mol. The lowest BCUT2D eigenvalue weighted by molar-refractivity contribution is 0.587. The van der Waals surface area contributed by atoms with Gasteiger partial charge in [0.15, 0.2) is 0 Å². The summed E-state index contributed by atoms with van der Waals surface area (Å²) in [6.45, 7) is 3.81. The van der Waals surface area contributed by atoms with Gasteiger partial charge in [-0.05, 0) is 23.7 Å². The Morgan fingerprint density at radius 2 is 2.06 bits per heavy atom. The minimum Gasteiger partial charge on any atom is -0.353 e. The second-order valence-electron chi connectivity index (χ2n) is 3.86. The van der Waals surface area contributed by atoms with Crippen molar-refractivity contribution >= 4 is 39.8 Å². The molecular formula is C11H13ClFN3S. The molecule has 3 rings (SSSR count). The van der Waals surface area contributed by atoms with Gasteiger partial charge in [-0.2, -0.15) is 4.37 Å². The van der Waals surface area contributed by atoms with Crippen LogP contribution in [0.1, 0.15) is 0 Å². The van der Waals surface area contributed by atoms with Crippen LogP contribution >= 0.6 is 23.9 Å². The molecule has 6 heteroatoms. The Labute approximate surface area is 109 Å². The zero-order valence-corrected chi connectivity index (χ0v) is 10.8. The summed E-state index contributed by atoms with van der Waals surface area (Å²) in [5.41, 5.74) is 0. The number of piperazine rings is 1. The van der Waals surface area contributed by atoms with Crippen molar-refractivity contribution in [1.82, 2.24) is 9.69 Å². The molecule has 1 aliphatic heterocycles. The van der Waals surface area contributed by atoms with Crippen molar-refractivity contribution in [2.75, 3.05) is 31.1 Å². The number of hydrogen-bond donors (Lipinski definition) is 1. The molecule has 1 aliphatic rings. The van der Waals surface area contributed by atoms with Gasteiger partial charge in [0.25, 0.3) is 0 Å². The molecule has 1 fully saturated rings. The highest BCUT2D eigenvalue weighted by Crippen LogP contribution is 2.31. The smallest absolute Gasteiger partial charge is 0.150 e. The summed E-state index contributed by atoms with van der Waals surface area (Å²) in [5, 5.41) is 4.23. The van der Waals surface area contributed by atoms with E-state index in [1.165, 1.54) is 17.6 Å². The number of halogens is 2. The highest BCUT2D eigenvalue weighted by atomic mass is 35.5. The number of benzene rings is 1. The van der Waals surface area contributed by atoms with Crippen LogP contribution < -0.4 is 10.2 Å². The quantitative estimate of drug-likeness (QED) is 0.864. The fourth-order valence-corrected chi connectivity index (χ4v) is 2.82. The number of aromatic nitrogens is 1. The average Bonchev–Trinajstić information content (AvgIpc) is 2.75. The Morgan fingerprint density at radius 3 is 2.82 bits per heavy atom. The van der Waals surface area contributed by atoms with Crippen LogP contribution in [0.4, 0.5) is 10.2 Å². The Bertz CT molecular complexity index is 510. The highest BCUT2D eigenvalue weighted by Gasteiger charge is 2.17. The lowest BCUT2D eigenvalue weighted by atomic mass is 10.2. The average molecular weight is 274 g/mol. The van der Waals surface area contributed by atoms with E-state index in [0.717, 1.165) is 37.4 Å². The standard InChI is InChI=1S/C11H12FN3S.ClH/c12-9-3-1-2-8-10(9)16-14-11(8)15-6-4-13-5-7-15;/h1-3,13H,4-7H2;1H. The van der Waals surface area contributed by atoms with E-state index in [4.69, 9.17) is 0 Å². The van der Waals surface area contributed by atoms with Crippen LogP contribution in [0.3, 0.4) is 0 Å². The molecule has 2 heterocycles. The summed E-state index contributed by atoms with van der Waals surface area (Å²) in [6.07, 6.45) is 0. The van der Waals surface area contributed by atoms with Crippen molar-refractivity contribution in [1.29, 1.82) is 0 Å². The first-order valence-corrected chi connectivity index (χ1v) is 6.13. The van der Waals surface area contributed by atoms with E-state index in [9.17, 15) is 4.39 Å². The molecule has 0 radical (unpaired) electrons. The number of nitrogens with one attached hydrogen (secondary N) is 1. The molecule has 0 amide bonds. The van der Waals surface area contributed by atoms with Gasteiger partial charge in [-0.1, -0.05) is 6.07 Å². The van der Waals surface area contributed by atoms with Crippen LogP contribution in [0.2, 0.25) is 0 Å². The van der Waals surface area contributed by atoms with Crippen LogP contribution in [-0.4, -0.2) is 30.6 Å². The number of anilines is 1. The van der Waals surface area contributed by atoms with Gasteiger partial charge in [0.1, 0.15) is 11.6 Å². The van der Waals surface area contributed by atoms with Gasteiger partial charge in [0.05, 0.1) is 4.70 Å². The second-order valence-corrected chi connectivity index (χ2v) is 4.63. The third-order valence-corrected chi connectivity index (χ3v) is 3.71. The fraction of sp³-hybridized carbons (Fsp3) is 0.364. The number of rotatable bonds is 1. The summed E-state index contributed by atoms with van der Waals surface area (Å²) in [6, 6.07) is 5.18. The normalized spacial score (nSPS) is 15.9. The van der Waals surface area contributed by atoms with Crippen molar-refractivity contribution in [3.8, 4) is 0 Å². The molecular weight excluding hydrogens is 261 g/mol. The van der Waals surface area contributed by atoms with Crippen LogP contribution in [-0.2, 0) is 0 Å². The van der Waals surface area contributed by atoms with Gasteiger partial charge in [0.2, 0.25) is 0 Å². The number of nitrogens with zero attached hydrogens (tertiary/aromatic N) is 2. The molecule has 2 aromatic rings. The van der Waals surface area contributed by atoms with E-state index < -0.39 is 0 Å². The first-order chi connectivity index (χ1) is 7.86. The summed E-state index contributed by atoms with van der Waals surface area (Å²) in [5.74, 6) is 0.761. The maximum Gasteiger partial charge on any atom is 0.150 e. The molecule has 0 saturated carbocycles. The zero-order valence-electron chi connectivity index (χ0n) is 9.15. The van der Waals surface area contributed by atoms with E-state index >= 15 is 0 Å². The molecule has 1 saturated heterocycles. The van der Waals surface area contributed by atoms with Gasteiger partial charge in [-0.25, -0.2) is 4.39 Å². The van der Waals surface area contributed by atoms with Crippen molar-refractivity contribution < 1.29 is 4.39 Å². The summed E-state index contributed by atoms with van der Waals surface area (Å²) in [4.78, 5) is 2.22.